The number of carbonyl (C=O) groups is 1. The van der Waals surface area contributed by atoms with Crippen molar-refractivity contribution in [2.75, 3.05) is 19.0 Å². The average Bonchev–Trinajstić information content (AvgIpc) is 3.29. The lowest BCUT2D eigenvalue weighted by Gasteiger charge is -2.16. The van der Waals surface area contributed by atoms with Crippen molar-refractivity contribution >= 4 is 23.4 Å². The normalized spacial score (nSPS) is 11.7. The number of hydrogen-bond acceptors (Lipinski definition) is 6. The summed E-state index contributed by atoms with van der Waals surface area (Å²) >= 11 is 1.35. The summed E-state index contributed by atoms with van der Waals surface area (Å²) in [5, 5.41) is 12.1. The van der Waals surface area contributed by atoms with Crippen LogP contribution in [0.4, 0.5) is 5.69 Å². The number of methoxy groups -OCH3 is 1. The molecule has 0 saturated heterocycles. The summed E-state index contributed by atoms with van der Waals surface area (Å²) in [7, 11) is 1.64. The number of hydrogen-bond donors (Lipinski definition) is 1. The standard InChI is InChI=1S/C27H28N4O3S/c1-5-34-24-9-7-6-8-23(24)28-26(32)19(3)35-27-30-29-25(20-12-16-22(33-4)17-13-20)31(27)21-14-10-18(2)11-15-21/h6-17,19H,5H2,1-4H3,(H,28,32). The number of rotatable bonds is 9. The Balaban J connectivity index is 1.63. The van der Waals surface area contributed by atoms with Gasteiger partial charge < -0.3 is 14.8 Å². The Labute approximate surface area is 209 Å². The molecular formula is C27H28N4O3S. The SMILES string of the molecule is CCOc1ccccc1NC(=O)C(C)Sc1nnc(-c2ccc(OC)cc2)n1-c1ccc(C)cc1. The summed E-state index contributed by atoms with van der Waals surface area (Å²) < 4.78 is 12.9. The van der Waals surface area contributed by atoms with Crippen LogP contribution in [0.2, 0.25) is 0 Å². The van der Waals surface area contributed by atoms with Crippen LogP contribution >= 0.6 is 11.8 Å². The van der Waals surface area contributed by atoms with E-state index in [1.807, 2.05) is 98.1 Å². The predicted octanol–water partition coefficient (Wildman–Crippen LogP) is 5.77. The number of aromatic nitrogens is 3. The quantitative estimate of drug-likeness (QED) is 0.301. The molecule has 1 heterocycles. The van der Waals surface area contributed by atoms with E-state index in [0.29, 0.717) is 29.0 Å². The molecule has 4 rings (SSSR count). The lowest BCUT2D eigenvalue weighted by molar-refractivity contribution is -0.115. The van der Waals surface area contributed by atoms with E-state index in [0.717, 1.165) is 22.6 Å². The number of thioether (sulfide) groups is 1. The van der Waals surface area contributed by atoms with Gasteiger partial charge in [-0.2, -0.15) is 0 Å². The van der Waals surface area contributed by atoms with Crippen LogP contribution in [0.3, 0.4) is 0 Å². The summed E-state index contributed by atoms with van der Waals surface area (Å²) in [6, 6.07) is 23.2. The van der Waals surface area contributed by atoms with Crippen LogP contribution in [0.1, 0.15) is 19.4 Å². The van der Waals surface area contributed by atoms with E-state index in [1.54, 1.807) is 7.11 Å². The van der Waals surface area contributed by atoms with Gasteiger partial charge >= 0.3 is 0 Å². The molecule has 1 aromatic heterocycles. The maximum Gasteiger partial charge on any atom is 0.237 e. The molecule has 0 bridgehead atoms. The molecule has 1 N–H and O–H groups in total. The Bertz CT molecular complexity index is 1290. The molecule has 1 atom stereocenters. The summed E-state index contributed by atoms with van der Waals surface area (Å²) in [5.41, 5.74) is 3.62. The molecule has 35 heavy (non-hydrogen) atoms. The highest BCUT2D eigenvalue weighted by atomic mass is 32.2. The fourth-order valence-corrected chi connectivity index (χ4v) is 4.36. The highest BCUT2D eigenvalue weighted by Crippen LogP contribution is 2.32. The van der Waals surface area contributed by atoms with Crippen LogP contribution < -0.4 is 14.8 Å². The topological polar surface area (TPSA) is 78.3 Å². The van der Waals surface area contributed by atoms with Crippen LogP contribution in [0.15, 0.2) is 78.0 Å². The summed E-state index contributed by atoms with van der Waals surface area (Å²) in [4.78, 5) is 13.1. The van der Waals surface area contributed by atoms with E-state index in [4.69, 9.17) is 9.47 Å². The van der Waals surface area contributed by atoms with Gasteiger partial charge in [-0.25, -0.2) is 0 Å². The van der Waals surface area contributed by atoms with Crippen LogP contribution in [-0.4, -0.2) is 39.6 Å². The van der Waals surface area contributed by atoms with Gasteiger partial charge in [0.15, 0.2) is 11.0 Å². The van der Waals surface area contributed by atoms with Gasteiger partial charge in [0.2, 0.25) is 5.91 Å². The van der Waals surface area contributed by atoms with E-state index in [1.165, 1.54) is 11.8 Å². The molecule has 4 aromatic rings. The van der Waals surface area contributed by atoms with E-state index >= 15 is 0 Å². The van der Waals surface area contributed by atoms with Crippen molar-refractivity contribution in [1.29, 1.82) is 0 Å². The number of benzene rings is 3. The Morgan fingerprint density at radius 3 is 2.43 bits per heavy atom. The van der Waals surface area contributed by atoms with Crippen molar-refractivity contribution in [3.05, 3.63) is 78.4 Å². The van der Waals surface area contributed by atoms with Crippen molar-refractivity contribution in [3.8, 4) is 28.6 Å². The number of aryl methyl sites for hydroxylation is 1. The molecule has 1 amide bonds. The molecule has 180 valence electrons. The average molecular weight is 489 g/mol. The lowest BCUT2D eigenvalue weighted by atomic mass is 10.2. The largest absolute Gasteiger partial charge is 0.497 e. The maximum atomic E-state index is 13.1. The van der Waals surface area contributed by atoms with Crippen LogP contribution in [0.5, 0.6) is 11.5 Å². The molecule has 0 aliphatic carbocycles. The third-order valence-electron chi connectivity index (χ3n) is 5.37. The molecule has 0 aliphatic rings. The van der Waals surface area contributed by atoms with Crippen molar-refractivity contribution < 1.29 is 14.3 Å². The minimum atomic E-state index is -0.429. The second-order valence-electron chi connectivity index (χ2n) is 7.88. The minimum absolute atomic E-state index is 0.147. The first-order chi connectivity index (χ1) is 17.0. The predicted molar refractivity (Wildman–Crippen MR) is 140 cm³/mol. The fraction of sp³-hybridized carbons (Fsp3) is 0.222. The number of ether oxygens (including phenoxy) is 2. The molecule has 0 spiro atoms. The summed E-state index contributed by atoms with van der Waals surface area (Å²) in [6.07, 6.45) is 0. The monoisotopic (exact) mass is 488 g/mol. The number of nitrogens with zero attached hydrogens (tertiary/aromatic N) is 3. The molecule has 8 heteroatoms. The Morgan fingerprint density at radius 2 is 1.74 bits per heavy atom. The number of carbonyl (C=O) groups excluding carboxylic acids is 1. The van der Waals surface area contributed by atoms with E-state index in [-0.39, 0.29) is 5.91 Å². The number of para-hydroxylation sites is 2. The summed E-state index contributed by atoms with van der Waals surface area (Å²) in [6.45, 7) is 6.33. The van der Waals surface area contributed by atoms with Gasteiger partial charge in [-0.3, -0.25) is 9.36 Å². The number of amides is 1. The van der Waals surface area contributed by atoms with Gasteiger partial charge in [-0.05, 0) is 69.3 Å². The third kappa shape index (κ3) is 5.66. The summed E-state index contributed by atoms with van der Waals surface area (Å²) in [5.74, 6) is 1.95. The minimum Gasteiger partial charge on any atom is -0.497 e. The first kappa shape index (κ1) is 24.3. The zero-order chi connectivity index (χ0) is 24.8. The lowest BCUT2D eigenvalue weighted by Crippen LogP contribution is -2.23. The van der Waals surface area contributed by atoms with Crippen LogP contribution in [0.25, 0.3) is 17.1 Å². The van der Waals surface area contributed by atoms with Crippen molar-refractivity contribution in [1.82, 2.24) is 14.8 Å². The number of nitrogens with one attached hydrogen (secondary N) is 1. The zero-order valence-electron chi connectivity index (χ0n) is 20.2. The van der Waals surface area contributed by atoms with Gasteiger partial charge in [0.1, 0.15) is 11.5 Å². The third-order valence-corrected chi connectivity index (χ3v) is 6.41. The molecule has 0 radical (unpaired) electrons. The van der Waals surface area contributed by atoms with Crippen molar-refractivity contribution in [2.24, 2.45) is 0 Å². The Kier molecular flexibility index (Phi) is 7.72. The van der Waals surface area contributed by atoms with Gasteiger partial charge in [0, 0.05) is 11.3 Å². The zero-order valence-corrected chi connectivity index (χ0v) is 21.0. The second-order valence-corrected chi connectivity index (χ2v) is 9.19. The first-order valence-electron chi connectivity index (χ1n) is 11.4. The van der Waals surface area contributed by atoms with Crippen LogP contribution in [-0.2, 0) is 4.79 Å². The molecule has 7 nitrogen and oxygen atoms in total. The van der Waals surface area contributed by atoms with E-state index in [9.17, 15) is 4.79 Å². The molecule has 0 saturated carbocycles. The van der Waals surface area contributed by atoms with Gasteiger partial charge in [-0.15, -0.1) is 10.2 Å². The molecule has 1 unspecified atom stereocenters. The van der Waals surface area contributed by atoms with Crippen molar-refractivity contribution in [3.63, 3.8) is 0 Å². The maximum absolute atomic E-state index is 13.1. The van der Waals surface area contributed by atoms with E-state index < -0.39 is 5.25 Å². The molecule has 3 aromatic carbocycles. The van der Waals surface area contributed by atoms with Gasteiger partial charge in [0.25, 0.3) is 0 Å². The van der Waals surface area contributed by atoms with Gasteiger partial charge in [0.05, 0.1) is 24.7 Å². The van der Waals surface area contributed by atoms with Gasteiger partial charge in [-0.1, -0.05) is 41.6 Å². The highest BCUT2D eigenvalue weighted by Gasteiger charge is 2.22. The highest BCUT2D eigenvalue weighted by molar-refractivity contribution is 8.00. The second kappa shape index (κ2) is 11.1. The van der Waals surface area contributed by atoms with E-state index in [2.05, 4.69) is 15.5 Å². The molecule has 0 aliphatic heterocycles. The number of anilines is 1. The first-order valence-corrected chi connectivity index (χ1v) is 12.2. The van der Waals surface area contributed by atoms with Crippen molar-refractivity contribution in [2.45, 2.75) is 31.2 Å². The fourth-order valence-electron chi connectivity index (χ4n) is 3.50. The Hall–Kier alpha value is -3.78. The van der Waals surface area contributed by atoms with Crippen LogP contribution in [0, 0.1) is 6.92 Å². The Morgan fingerprint density at radius 1 is 1.03 bits per heavy atom. The smallest absolute Gasteiger partial charge is 0.237 e. The molecular weight excluding hydrogens is 460 g/mol. The molecule has 0 fully saturated rings.